The van der Waals surface area contributed by atoms with Crippen molar-refractivity contribution in [2.45, 2.75) is 228 Å². The molecule has 3 nitrogen and oxygen atoms in total. The van der Waals surface area contributed by atoms with Gasteiger partial charge in [0.1, 0.15) is 11.5 Å². The molecule has 0 aromatic heterocycles. The molecule has 1 aliphatic heterocycles. The topological polar surface area (TPSA) is 37.4 Å². The number of hydrogen-bond donors (Lipinski definition) is 0. The summed E-state index contributed by atoms with van der Waals surface area (Å²) in [5.74, 6) is 3.03. The van der Waals surface area contributed by atoms with Gasteiger partial charge in [-0.3, -0.25) is 0 Å². The molecule has 0 radical (unpaired) electrons. The third kappa shape index (κ3) is 13.6. The van der Waals surface area contributed by atoms with Crippen molar-refractivity contribution in [2.75, 3.05) is 0 Å². The Labute approximate surface area is 428 Å². The molecule has 65 heavy (non-hydrogen) atoms. The number of ether oxygens (including phenoxy) is 1. The Morgan fingerprint density at radius 3 is 0.923 bits per heavy atom. The zero-order valence-electron chi connectivity index (χ0n) is 45.7. The van der Waals surface area contributed by atoms with Gasteiger partial charge in [0.25, 0.3) is 0 Å². The quantitative estimate of drug-likeness (QED) is 0.128. The molecule has 0 bridgehead atoms. The Balaban J connectivity index is 0.000000843. The van der Waals surface area contributed by atoms with Crippen molar-refractivity contribution >= 4 is 48.0 Å². The van der Waals surface area contributed by atoms with Crippen LogP contribution in [0.25, 0.3) is 10.6 Å². The van der Waals surface area contributed by atoms with E-state index in [-0.39, 0.29) is 63.9 Å². The number of nitrogens with zero attached hydrogens (tertiary/aromatic N) is 2. The molecule has 358 valence electrons. The largest absolute Gasteiger partial charge is 3.00 e. The molecule has 4 aromatic rings. The Kier molecular flexibility index (Phi) is 19.4. The van der Waals surface area contributed by atoms with Gasteiger partial charge in [-0.2, -0.15) is 0 Å². The number of fused-ring (bicyclic) bond motifs is 2. The summed E-state index contributed by atoms with van der Waals surface area (Å²) in [6, 6.07) is 22.6. The predicted octanol–water partition coefficient (Wildman–Crippen LogP) is 20.4. The molecule has 0 fully saturated rings. The van der Waals surface area contributed by atoms with E-state index in [9.17, 15) is 0 Å². The van der Waals surface area contributed by atoms with Crippen molar-refractivity contribution in [3.63, 3.8) is 0 Å². The van der Waals surface area contributed by atoms with E-state index in [0.29, 0.717) is 39.1 Å². The zero-order chi connectivity index (χ0) is 48.2. The first-order chi connectivity index (χ1) is 28.5. The molecule has 0 unspecified atom stereocenters. The van der Waals surface area contributed by atoms with Gasteiger partial charge in [0.15, 0.2) is 0 Å². The van der Waals surface area contributed by atoms with Gasteiger partial charge in [0.05, 0.1) is 0 Å². The molecule has 0 aliphatic carbocycles. The smallest absolute Gasteiger partial charge is 0.654 e. The van der Waals surface area contributed by atoms with Crippen LogP contribution in [0.1, 0.15) is 241 Å². The van der Waals surface area contributed by atoms with Crippen molar-refractivity contribution in [1.82, 2.24) is 0 Å². The van der Waals surface area contributed by atoms with Crippen molar-refractivity contribution in [2.24, 2.45) is 0 Å². The first-order valence-corrected chi connectivity index (χ1v) is 25.4. The van der Waals surface area contributed by atoms with Gasteiger partial charge in [-0.15, -0.1) is 11.4 Å². The van der Waals surface area contributed by atoms with Crippen molar-refractivity contribution in [3.8, 4) is 11.5 Å². The van der Waals surface area contributed by atoms with E-state index in [0.717, 1.165) is 34.2 Å². The maximum Gasteiger partial charge on any atom is 3.00 e. The SMILES string of the molecule is CC(C)(C)P(C(C)(C)C)C(C)(C)C.CC(C)c1cccc(C(C)C)c1[N-]c1cc(C(C)(C)C)cc2c1Oc1c([N-]c3c(C(C)C)cccc3C(C)C)cc(C(C)(C)C)cc1C2(C)C.[Al+3].[Au+]. The van der Waals surface area contributed by atoms with Crippen LogP contribution >= 0.6 is 7.92 Å². The van der Waals surface area contributed by atoms with Crippen LogP contribution in [0, 0.1) is 0 Å². The molecule has 6 heteroatoms. The minimum absolute atomic E-state index is 0. The first kappa shape index (κ1) is 59.1. The second kappa shape index (κ2) is 21.3. The zero-order valence-corrected chi connectivity index (χ0v) is 49.9. The normalized spacial score (nSPS) is 14.0. The third-order valence-corrected chi connectivity index (χ3v) is 16.6. The van der Waals surface area contributed by atoms with Crippen LogP contribution in [0.5, 0.6) is 11.5 Å². The number of hydrogen-bond acceptors (Lipinski definition) is 1. The first-order valence-electron chi connectivity index (χ1n) is 24.0. The number of para-hydroxylation sites is 2. The second-order valence-corrected chi connectivity index (χ2v) is 29.9. The predicted molar refractivity (Wildman–Crippen MR) is 289 cm³/mol. The molecule has 0 saturated carbocycles. The van der Waals surface area contributed by atoms with Crippen LogP contribution in [0.2, 0.25) is 0 Å². The van der Waals surface area contributed by atoms with Crippen LogP contribution in [-0.4, -0.2) is 32.8 Å². The van der Waals surface area contributed by atoms with Gasteiger partial charge < -0.3 is 15.4 Å². The van der Waals surface area contributed by atoms with E-state index in [4.69, 9.17) is 15.4 Å². The molecule has 0 amide bonds. The molecular weight excluding hydrogens is 1010 g/mol. The maximum atomic E-state index is 7.27. The molecule has 0 saturated heterocycles. The van der Waals surface area contributed by atoms with E-state index >= 15 is 0 Å². The summed E-state index contributed by atoms with van der Waals surface area (Å²) in [7, 11) is 0.0162. The summed E-state index contributed by atoms with van der Waals surface area (Å²) in [5, 5.41) is 12.5. The van der Waals surface area contributed by atoms with Crippen molar-refractivity contribution in [1.29, 1.82) is 0 Å². The van der Waals surface area contributed by atoms with Crippen LogP contribution in [0.4, 0.5) is 22.7 Å². The fraction of sp³-hybridized carbons (Fsp3) is 0.593. The van der Waals surface area contributed by atoms with Crippen LogP contribution in [-0.2, 0) is 38.6 Å². The van der Waals surface area contributed by atoms with Crippen molar-refractivity contribution in [3.05, 3.63) is 116 Å². The van der Waals surface area contributed by atoms with Gasteiger partial charge in [0.2, 0.25) is 0 Å². The molecule has 5 rings (SSSR count). The average molecular weight is 1100 g/mol. The van der Waals surface area contributed by atoms with E-state index in [2.05, 4.69) is 234 Å². The Morgan fingerprint density at radius 2 is 0.723 bits per heavy atom. The summed E-state index contributed by atoms with van der Waals surface area (Å²) >= 11 is 0. The van der Waals surface area contributed by atoms with Gasteiger partial charge >= 0.3 is 39.7 Å². The minimum atomic E-state index is -0.364. The summed E-state index contributed by atoms with van der Waals surface area (Å²) in [5.41, 5.74) is 13.3. The molecule has 4 aromatic carbocycles. The minimum Gasteiger partial charge on any atom is -0.654 e. The van der Waals surface area contributed by atoms with E-state index < -0.39 is 0 Å². The van der Waals surface area contributed by atoms with Crippen LogP contribution < -0.4 is 4.74 Å². The maximum absolute atomic E-state index is 7.27. The summed E-state index contributed by atoms with van der Waals surface area (Å²) in [4.78, 5) is 0. The Hall–Kier alpha value is -2.02. The molecular formula is C59H89AlAuN2OP+2. The van der Waals surface area contributed by atoms with Gasteiger partial charge in [-0.25, -0.2) is 0 Å². The summed E-state index contributed by atoms with van der Waals surface area (Å²) in [6.07, 6.45) is 0. The van der Waals surface area contributed by atoms with Crippen molar-refractivity contribution < 1.29 is 27.1 Å². The molecule has 0 N–H and O–H groups in total. The van der Waals surface area contributed by atoms with Gasteiger partial charge in [-0.05, 0) is 61.1 Å². The summed E-state index contributed by atoms with van der Waals surface area (Å²) in [6.45, 7) is 58.0. The van der Waals surface area contributed by atoms with Gasteiger partial charge in [-0.1, -0.05) is 275 Å². The molecule has 1 heterocycles. The Bertz CT molecular complexity index is 2010. The number of benzene rings is 4. The van der Waals surface area contributed by atoms with E-state index in [1.165, 1.54) is 44.5 Å². The second-order valence-electron chi connectivity index (χ2n) is 25.2. The van der Waals surface area contributed by atoms with Crippen LogP contribution in [0.3, 0.4) is 0 Å². The fourth-order valence-corrected chi connectivity index (χ4v) is 16.2. The molecule has 0 spiro atoms. The molecule has 1 aliphatic rings. The standard InChI is InChI=1S/C47H62N2O.C12H27P.Al.Au/c1-27(2)33-19-17-20-34(28(3)4)41(33)48-39-25-31(45(9,10)11)23-37-43(39)50-44-38(47(37,15)16)24-32(46(12,13)14)26-40(44)49-42-35(29(5)6)21-18-22-36(42)30(7)8;1-10(2,3)13(11(4,5)6)12(7,8)9;;/h17-30H,1-16H3;1-9H3;;/q-2;;+3;+1. The third-order valence-electron chi connectivity index (χ3n) is 12.6. The monoisotopic (exact) mass is 1100 g/mol. The summed E-state index contributed by atoms with van der Waals surface area (Å²) < 4.78 is 7.27. The van der Waals surface area contributed by atoms with Gasteiger partial charge in [0, 0.05) is 16.5 Å². The fourth-order valence-electron chi connectivity index (χ4n) is 10.2. The Morgan fingerprint density at radius 1 is 0.462 bits per heavy atom. The average Bonchev–Trinajstić information content (AvgIpc) is 3.09. The molecule has 0 atom stereocenters. The van der Waals surface area contributed by atoms with E-state index in [1.807, 2.05) is 0 Å². The van der Waals surface area contributed by atoms with E-state index in [1.54, 1.807) is 0 Å². The number of rotatable bonds is 8. The van der Waals surface area contributed by atoms with Crippen LogP contribution in [0.15, 0.2) is 60.7 Å².